The van der Waals surface area contributed by atoms with Gasteiger partial charge in [0.05, 0.1) is 45.4 Å². The maximum atomic E-state index is 6.21. The number of hydrogen-bond acceptors (Lipinski definition) is 8. The number of hydrazone groups is 1. The highest BCUT2D eigenvalue weighted by Crippen LogP contribution is 2.36. The quantitative estimate of drug-likeness (QED) is 0.400. The van der Waals surface area contributed by atoms with Gasteiger partial charge in [-0.2, -0.15) is 5.10 Å². The van der Waals surface area contributed by atoms with Gasteiger partial charge in [-0.25, -0.2) is 4.98 Å². The van der Waals surface area contributed by atoms with E-state index in [2.05, 4.69) is 15.5 Å². The number of methoxy groups -OCH3 is 4. The summed E-state index contributed by atoms with van der Waals surface area (Å²) in [5.74, 6) is 2.42. The molecular formula is C20H20ClN3O4S. The lowest BCUT2D eigenvalue weighted by Crippen LogP contribution is -1.95. The van der Waals surface area contributed by atoms with Gasteiger partial charge in [0.15, 0.2) is 11.5 Å². The van der Waals surface area contributed by atoms with E-state index in [-0.39, 0.29) is 0 Å². The number of anilines is 1. The lowest BCUT2D eigenvalue weighted by molar-refractivity contribution is 0.355. The van der Waals surface area contributed by atoms with Gasteiger partial charge in [-0.1, -0.05) is 11.6 Å². The van der Waals surface area contributed by atoms with Crippen molar-refractivity contribution in [3.63, 3.8) is 0 Å². The number of halogens is 1. The first-order valence-corrected chi connectivity index (χ1v) is 9.74. The molecule has 0 aliphatic rings. The van der Waals surface area contributed by atoms with Gasteiger partial charge < -0.3 is 18.9 Å². The Morgan fingerprint density at radius 1 is 1.00 bits per heavy atom. The molecule has 0 bridgehead atoms. The van der Waals surface area contributed by atoms with Crippen molar-refractivity contribution in [2.45, 2.75) is 0 Å². The minimum Gasteiger partial charge on any atom is -0.497 e. The highest BCUT2D eigenvalue weighted by molar-refractivity contribution is 7.14. The Hall–Kier alpha value is -2.97. The molecule has 7 nitrogen and oxygen atoms in total. The van der Waals surface area contributed by atoms with E-state index in [9.17, 15) is 0 Å². The fourth-order valence-corrected chi connectivity index (χ4v) is 3.59. The molecule has 0 aliphatic carbocycles. The second kappa shape index (κ2) is 9.49. The van der Waals surface area contributed by atoms with Crippen molar-refractivity contribution < 1.29 is 18.9 Å². The first-order chi connectivity index (χ1) is 14.1. The normalized spacial score (nSPS) is 10.8. The van der Waals surface area contributed by atoms with Crippen LogP contribution in [0.4, 0.5) is 5.13 Å². The predicted molar refractivity (Wildman–Crippen MR) is 116 cm³/mol. The van der Waals surface area contributed by atoms with Crippen molar-refractivity contribution in [3.05, 3.63) is 46.3 Å². The summed E-state index contributed by atoms with van der Waals surface area (Å²) in [6, 6.07) is 9.12. The van der Waals surface area contributed by atoms with E-state index in [0.29, 0.717) is 27.4 Å². The zero-order chi connectivity index (χ0) is 20.8. The Morgan fingerprint density at radius 2 is 1.79 bits per heavy atom. The highest BCUT2D eigenvalue weighted by atomic mass is 35.5. The van der Waals surface area contributed by atoms with Crippen molar-refractivity contribution in [2.24, 2.45) is 5.10 Å². The van der Waals surface area contributed by atoms with Gasteiger partial charge in [-0.3, -0.25) is 5.43 Å². The molecule has 0 amide bonds. The summed E-state index contributed by atoms with van der Waals surface area (Å²) in [5.41, 5.74) is 5.33. The van der Waals surface area contributed by atoms with Crippen LogP contribution in [0.15, 0.2) is 40.8 Å². The van der Waals surface area contributed by atoms with Crippen molar-refractivity contribution in [1.29, 1.82) is 0 Å². The van der Waals surface area contributed by atoms with E-state index in [0.717, 1.165) is 22.6 Å². The molecule has 3 aromatic rings. The van der Waals surface area contributed by atoms with Crippen LogP contribution < -0.4 is 24.4 Å². The van der Waals surface area contributed by atoms with Gasteiger partial charge in [0, 0.05) is 17.0 Å². The molecule has 0 radical (unpaired) electrons. The van der Waals surface area contributed by atoms with Gasteiger partial charge in [-0.15, -0.1) is 11.3 Å². The summed E-state index contributed by atoms with van der Waals surface area (Å²) in [6.45, 7) is 0. The summed E-state index contributed by atoms with van der Waals surface area (Å²) < 4.78 is 21.2. The Balaban J connectivity index is 1.75. The van der Waals surface area contributed by atoms with Crippen molar-refractivity contribution in [2.75, 3.05) is 33.9 Å². The van der Waals surface area contributed by atoms with Gasteiger partial charge in [-0.05, 0) is 29.8 Å². The number of rotatable bonds is 8. The zero-order valence-corrected chi connectivity index (χ0v) is 17.9. The van der Waals surface area contributed by atoms with Crippen LogP contribution in [0, 0.1) is 0 Å². The summed E-state index contributed by atoms with van der Waals surface area (Å²) in [7, 11) is 6.32. The highest BCUT2D eigenvalue weighted by Gasteiger charge is 2.12. The van der Waals surface area contributed by atoms with Gasteiger partial charge in [0.2, 0.25) is 5.13 Å². The molecule has 0 aliphatic heterocycles. The molecule has 0 atom stereocenters. The molecule has 0 saturated carbocycles. The van der Waals surface area contributed by atoms with E-state index in [1.165, 1.54) is 18.4 Å². The largest absolute Gasteiger partial charge is 0.497 e. The molecule has 0 saturated heterocycles. The summed E-state index contributed by atoms with van der Waals surface area (Å²) >= 11 is 7.64. The molecule has 1 aromatic heterocycles. The predicted octanol–water partition coefficient (Wildman–Crippen LogP) is 4.94. The van der Waals surface area contributed by atoms with Crippen molar-refractivity contribution >= 4 is 34.3 Å². The molecule has 152 valence electrons. The van der Waals surface area contributed by atoms with Crippen LogP contribution in [-0.2, 0) is 0 Å². The number of hydrogen-bond donors (Lipinski definition) is 1. The van der Waals surface area contributed by atoms with Gasteiger partial charge in [0.1, 0.15) is 11.5 Å². The zero-order valence-electron chi connectivity index (χ0n) is 16.4. The average molecular weight is 434 g/mol. The topological polar surface area (TPSA) is 74.2 Å². The second-order valence-electron chi connectivity index (χ2n) is 5.71. The van der Waals surface area contributed by atoms with Crippen molar-refractivity contribution in [3.8, 4) is 34.3 Å². The van der Waals surface area contributed by atoms with Crippen LogP contribution in [0.1, 0.15) is 5.56 Å². The number of aromatic nitrogens is 1. The third-order valence-corrected chi connectivity index (χ3v) is 5.05. The fourth-order valence-electron chi connectivity index (χ4n) is 2.63. The third-order valence-electron chi connectivity index (χ3n) is 4.02. The lowest BCUT2D eigenvalue weighted by Gasteiger charge is -2.09. The smallest absolute Gasteiger partial charge is 0.203 e. The maximum absolute atomic E-state index is 6.21. The Bertz CT molecular complexity index is 1020. The summed E-state index contributed by atoms with van der Waals surface area (Å²) in [6.07, 6.45) is 1.63. The monoisotopic (exact) mass is 433 g/mol. The minimum atomic E-state index is 0.441. The molecule has 2 aromatic carbocycles. The first-order valence-electron chi connectivity index (χ1n) is 8.48. The molecule has 0 unspecified atom stereocenters. The number of thiazole rings is 1. The van der Waals surface area contributed by atoms with Crippen LogP contribution in [0.5, 0.6) is 23.0 Å². The SMILES string of the molecule is COc1ccc(-c2csc(N/N=C\c3cc(Cl)c(OC)c(OC)c3)n2)c(OC)c1. The standard InChI is InChI=1S/C20H20ClN3O4S/c1-25-13-5-6-14(17(9-13)26-2)16-11-29-20(23-16)24-22-10-12-7-15(21)19(28-4)18(8-12)27-3/h5-11H,1-4H3,(H,23,24)/b22-10-. The number of ether oxygens (including phenoxy) is 4. The van der Waals surface area contributed by atoms with Crippen molar-refractivity contribution in [1.82, 2.24) is 4.98 Å². The van der Waals surface area contributed by atoms with Gasteiger partial charge in [0.25, 0.3) is 0 Å². The van der Waals surface area contributed by atoms with Crippen LogP contribution in [0.3, 0.4) is 0 Å². The minimum absolute atomic E-state index is 0.441. The molecule has 0 fully saturated rings. The van der Waals surface area contributed by atoms with Crippen LogP contribution in [-0.4, -0.2) is 39.6 Å². The van der Waals surface area contributed by atoms with Crippen LogP contribution in [0.25, 0.3) is 11.3 Å². The Kier molecular flexibility index (Phi) is 6.79. The van der Waals surface area contributed by atoms with E-state index in [1.54, 1.807) is 39.7 Å². The Labute approximate surface area is 177 Å². The molecule has 1 N–H and O–H groups in total. The fraction of sp³-hybridized carbons (Fsp3) is 0.200. The number of nitrogens with one attached hydrogen (secondary N) is 1. The second-order valence-corrected chi connectivity index (χ2v) is 6.98. The lowest BCUT2D eigenvalue weighted by atomic mass is 10.1. The van der Waals surface area contributed by atoms with E-state index < -0.39 is 0 Å². The molecule has 9 heteroatoms. The summed E-state index contributed by atoms with van der Waals surface area (Å²) in [4.78, 5) is 4.56. The third kappa shape index (κ3) is 4.72. The first kappa shape index (κ1) is 20.8. The molecule has 0 spiro atoms. The van der Waals surface area contributed by atoms with Crippen LogP contribution in [0.2, 0.25) is 5.02 Å². The van der Waals surface area contributed by atoms with Gasteiger partial charge >= 0.3 is 0 Å². The maximum Gasteiger partial charge on any atom is 0.203 e. The average Bonchev–Trinajstić information content (AvgIpc) is 3.21. The molecule has 1 heterocycles. The Morgan fingerprint density at radius 3 is 2.48 bits per heavy atom. The number of nitrogens with zero attached hydrogens (tertiary/aromatic N) is 2. The van der Waals surface area contributed by atoms with E-state index >= 15 is 0 Å². The molecule has 29 heavy (non-hydrogen) atoms. The van der Waals surface area contributed by atoms with Crippen LogP contribution >= 0.6 is 22.9 Å². The number of benzene rings is 2. The van der Waals surface area contributed by atoms with E-state index in [1.807, 2.05) is 23.6 Å². The molecule has 3 rings (SSSR count). The van der Waals surface area contributed by atoms with E-state index in [4.69, 9.17) is 30.5 Å². The molecular weight excluding hydrogens is 414 g/mol. The summed E-state index contributed by atoms with van der Waals surface area (Å²) in [5, 5.41) is 7.23.